The van der Waals surface area contributed by atoms with Gasteiger partial charge in [-0.3, -0.25) is 30.0 Å². The average molecular weight is 988 g/mol. The number of aromatic amines is 1. The van der Waals surface area contributed by atoms with Gasteiger partial charge in [0.1, 0.15) is 0 Å². The molecule has 7 aromatic rings. The van der Waals surface area contributed by atoms with Crippen molar-refractivity contribution in [1.82, 2.24) is 39.6 Å². The minimum atomic E-state index is -4.99. The number of aromatic nitrogens is 6. The lowest BCUT2D eigenvalue weighted by Gasteiger charge is -2.38. The molecule has 0 amide bonds. The maximum absolute atomic E-state index is 14.6. The van der Waals surface area contributed by atoms with E-state index in [1.54, 1.807) is 41.3 Å². The van der Waals surface area contributed by atoms with Crippen LogP contribution in [0.1, 0.15) is 59.7 Å². The van der Waals surface area contributed by atoms with Gasteiger partial charge in [-0.15, -0.1) is 10.2 Å². The molecular weight excluding hydrogens is 941 g/mol. The number of hydrogen-bond acceptors (Lipinski definition) is 12. The third-order valence-corrected chi connectivity index (χ3v) is 13.4. The summed E-state index contributed by atoms with van der Waals surface area (Å²) in [7, 11) is 0. The van der Waals surface area contributed by atoms with Gasteiger partial charge in [-0.25, -0.2) is 0 Å². The van der Waals surface area contributed by atoms with Gasteiger partial charge in [-0.1, -0.05) is 65.9 Å². The zero-order valence-electron chi connectivity index (χ0n) is 37.8. The van der Waals surface area contributed by atoms with Gasteiger partial charge in [0, 0.05) is 96.6 Å². The van der Waals surface area contributed by atoms with Crippen LogP contribution in [0, 0.1) is 37.5 Å². The zero-order valence-corrected chi connectivity index (χ0v) is 37.8. The number of H-pyrrole nitrogens is 1. The number of nitrogens with zero attached hydrogens (tertiary/aromatic N) is 10. The molecule has 2 saturated heterocycles. The number of alkyl halides is 6. The molecule has 4 aromatic carbocycles. The molecule has 23 heteroatoms. The molecule has 71 heavy (non-hydrogen) atoms. The van der Waals surface area contributed by atoms with Crippen LogP contribution in [0.15, 0.2) is 109 Å². The maximum Gasteiger partial charge on any atom is 0.422 e. The first-order valence-corrected chi connectivity index (χ1v) is 22.6. The van der Waals surface area contributed by atoms with Gasteiger partial charge in [0.25, 0.3) is 11.4 Å². The number of hydrogen-bond donors (Lipinski definition) is 3. The van der Waals surface area contributed by atoms with E-state index < -0.39 is 46.5 Å². The number of rotatable bonds is 13. The summed E-state index contributed by atoms with van der Waals surface area (Å²) in [5.74, 6) is 0.294. The van der Waals surface area contributed by atoms with Crippen molar-refractivity contribution >= 4 is 33.2 Å². The van der Waals surface area contributed by atoms with Crippen LogP contribution in [0.2, 0.25) is 0 Å². The zero-order chi connectivity index (χ0) is 50.7. The van der Waals surface area contributed by atoms with E-state index in [2.05, 4.69) is 26.7 Å². The van der Waals surface area contributed by atoms with Gasteiger partial charge in [0.15, 0.2) is 5.82 Å². The minimum Gasteiger partial charge on any atom is -0.375 e. The second-order valence-electron chi connectivity index (χ2n) is 17.9. The Morgan fingerprint density at radius 2 is 1.08 bits per heavy atom. The number of tetrazole rings is 1. The molecule has 17 nitrogen and oxygen atoms in total. The van der Waals surface area contributed by atoms with Gasteiger partial charge in [0.2, 0.25) is 11.2 Å². The molecular formula is C48H47F6N11O6. The van der Waals surface area contributed by atoms with E-state index in [0.717, 1.165) is 23.3 Å². The lowest BCUT2D eigenvalue weighted by Crippen LogP contribution is -2.52. The predicted octanol–water partition coefficient (Wildman–Crippen LogP) is 8.32. The first-order valence-electron chi connectivity index (χ1n) is 22.6. The van der Waals surface area contributed by atoms with Crippen LogP contribution in [-0.4, -0.2) is 111 Å². The highest BCUT2D eigenvalue weighted by Gasteiger charge is 2.58. The number of nitriles is 1. The largest absolute Gasteiger partial charge is 0.422 e. The van der Waals surface area contributed by atoms with Crippen molar-refractivity contribution in [2.45, 2.75) is 68.2 Å². The van der Waals surface area contributed by atoms with Crippen LogP contribution in [0.5, 0.6) is 0 Å². The van der Waals surface area contributed by atoms with E-state index in [4.69, 9.17) is 5.26 Å². The Labute approximate surface area is 400 Å². The third kappa shape index (κ3) is 10.6. The standard InChI is InChI=1S/C24H24F3N7O3.C24H23F3N4O3/c25-24(26,27)23(35,15-32-10-8-17(9-11-32)22-28-30-31-29-22)20-14-33(13-16-4-2-1-3-5-16)21-12-18(34(36)37)6-7-19(20)21;25-24(26,27)23(32,16-29-10-8-17(13-28)9-11-29)21-15-30(14-18-4-2-1-3-5-18)22-12-19(31(33)34)6-7-20(21)22/h1-7,12,14,17,35H,8-11,13,15H2,(H,28,29,30,31);1-7,12,15,17,32H,8-11,14,16H2. The molecule has 372 valence electrons. The van der Waals surface area contributed by atoms with Crippen molar-refractivity contribution in [3.05, 3.63) is 158 Å². The fraction of sp³-hybridized carbons (Fsp3) is 0.375. The number of benzene rings is 4. The molecule has 0 bridgehead atoms. The highest BCUT2D eigenvalue weighted by molar-refractivity contribution is 5.88. The number of nitro benzene ring substituents is 2. The van der Waals surface area contributed by atoms with Crippen molar-refractivity contribution in [2.75, 3.05) is 39.3 Å². The Hall–Kier alpha value is -7.26. The molecule has 9 rings (SSSR count). The molecule has 2 aliphatic rings. The molecule has 2 fully saturated rings. The summed E-state index contributed by atoms with van der Waals surface area (Å²) in [6, 6.07) is 27.5. The van der Waals surface area contributed by atoms with Gasteiger partial charge >= 0.3 is 12.4 Å². The van der Waals surface area contributed by atoms with E-state index in [-0.39, 0.29) is 82.3 Å². The number of aliphatic hydroxyl groups is 2. The van der Waals surface area contributed by atoms with E-state index in [9.17, 15) is 56.8 Å². The Balaban J connectivity index is 0.000000191. The Morgan fingerprint density at radius 3 is 1.45 bits per heavy atom. The van der Waals surface area contributed by atoms with Crippen molar-refractivity contribution in [3.63, 3.8) is 0 Å². The number of nitro groups is 2. The summed E-state index contributed by atoms with van der Waals surface area (Å²) in [6.07, 6.45) is -5.56. The van der Waals surface area contributed by atoms with Gasteiger partial charge in [-0.2, -0.15) is 36.8 Å². The molecule has 5 heterocycles. The quantitative estimate of drug-likeness (QED) is 0.0564. The number of piperidine rings is 2. The smallest absolute Gasteiger partial charge is 0.375 e. The average Bonchev–Trinajstić information content (AvgIpc) is 4.11. The van der Waals surface area contributed by atoms with E-state index in [1.807, 2.05) is 24.3 Å². The van der Waals surface area contributed by atoms with Crippen LogP contribution in [0.4, 0.5) is 37.7 Å². The monoisotopic (exact) mass is 987 g/mol. The number of fused-ring (bicyclic) bond motifs is 2. The second-order valence-corrected chi connectivity index (χ2v) is 17.9. The minimum absolute atomic E-state index is 0.0256. The SMILES string of the molecule is N#CC1CCN(CC(O)(c2cn(Cc3ccccc3)c3cc([N+](=O)[O-])ccc23)C(F)(F)F)CC1.O=[N+]([O-])c1ccc2c(C(O)(CN3CCC(c4nn[nH]n4)CC3)C(F)(F)F)cn(Cc3ccccc3)c2c1. The van der Waals surface area contributed by atoms with Crippen LogP contribution in [0.25, 0.3) is 21.8 Å². The van der Waals surface area contributed by atoms with Crippen molar-refractivity contribution in [3.8, 4) is 6.07 Å². The van der Waals surface area contributed by atoms with Crippen molar-refractivity contribution in [2.24, 2.45) is 5.92 Å². The summed E-state index contributed by atoms with van der Waals surface area (Å²) in [5, 5.41) is 68.4. The van der Waals surface area contributed by atoms with Gasteiger partial charge in [-0.05, 0) is 75.1 Å². The third-order valence-electron chi connectivity index (χ3n) is 13.4. The van der Waals surface area contributed by atoms with Crippen LogP contribution >= 0.6 is 0 Å². The molecule has 3 aromatic heterocycles. The van der Waals surface area contributed by atoms with Crippen molar-refractivity contribution < 1.29 is 46.4 Å². The Bertz CT molecular complexity index is 3020. The molecule has 0 spiro atoms. The maximum atomic E-state index is 14.6. The summed E-state index contributed by atoms with van der Waals surface area (Å²) in [5.41, 5.74) is -5.48. The fourth-order valence-electron chi connectivity index (χ4n) is 9.48. The summed E-state index contributed by atoms with van der Waals surface area (Å²) >= 11 is 0. The summed E-state index contributed by atoms with van der Waals surface area (Å²) in [6.45, 7) is 0.169. The van der Waals surface area contributed by atoms with Gasteiger partial charge in [0.05, 0.1) is 26.9 Å². The van der Waals surface area contributed by atoms with Gasteiger partial charge < -0.3 is 19.3 Å². The van der Waals surface area contributed by atoms with E-state index >= 15 is 0 Å². The lowest BCUT2D eigenvalue weighted by molar-refractivity contribution is -0.384. The molecule has 2 atom stereocenters. The van der Waals surface area contributed by atoms with E-state index in [0.29, 0.717) is 44.6 Å². The predicted molar refractivity (Wildman–Crippen MR) is 246 cm³/mol. The highest BCUT2D eigenvalue weighted by Crippen LogP contribution is 2.46. The molecule has 2 aliphatic heterocycles. The number of non-ortho nitro benzene ring substituents is 2. The molecule has 0 aliphatic carbocycles. The fourth-order valence-corrected chi connectivity index (χ4v) is 9.48. The normalized spacial score (nSPS) is 17.3. The number of β-amino-alcohol motifs (C(OH)–C–C–N with tert-alkyl or cyclic N) is 2. The molecule has 2 unspecified atom stereocenters. The topological polar surface area (TPSA) is 221 Å². The van der Waals surface area contributed by atoms with E-state index in [1.165, 1.54) is 50.7 Å². The lowest BCUT2D eigenvalue weighted by atomic mass is 9.89. The van der Waals surface area contributed by atoms with Crippen LogP contribution < -0.4 is 0 Å². The Morgan fingerprint density at radius 1 is 0.662 bits per heavy atom. The van der Waals surface area contributed by atoms with Crippen LogP contribution in [-0.2, 0) is 24.3 Å². The summed E-state index contributed by atoms with van der Waals surface area (Å²) in [4.78, 5) is 24.6. The first kappa shape index (κ1) is 50.1. The Kier molecular flexibility index (Phi) is 14.3. The number of likely N-dealkylation sites (tertiary alicyclic amines) is 2. The first-order chi connectivity index (χ1) is 33.8. The molecule has 0 saturated carbocycles. The van der Waals surface area contributed by atoms with Crippen LogP contribution in [0.3, 0.4) is 0 Å². The molecule has 0 radical (unpaired) electrons. The number of halogens is 6. The highest BCUT2D eigenvalue weighted by atomic mass is 19.4. The second kappa shape index (κ2) is 20.2. The van der Waals surface area contributed by atoms with Crippen molar-refractivity contribution in [1.29, 1.82) is 5.26 Å². The number of nitrogens with one attached hydrogen (secondary N) is 1. The molecule has 3 N–H and O–H groups in total. The summed E-state index contributed by atoms with van der Waals surface area (Å²) < 4.78 is 90.0.